The summed E-state index contributed by atoms with van der Waals surface area (Å²) in [7, 11) is 1.38. The Bertz CT molecular complexity index is 1680. The normalized spacial score (nSPS) is 26.0. The molecule has 0 N–H and O–H groups in total. The molecule has 2 aromatic carbocycles. The summed E-state index contributed by atoms with van der Waals surface area (Å²) in [5.41, 5.74) is 0.292. The fourth-order valence-electron chi connectivity index (χ4n) is 7.41. The van der Waals surface area contributed by atoms with Gasteiger partial charge in [0.1, 0.15) is 24.2 Å². The van der Waals surface area contributed by atoms with E-state index in [2.05, 4.69) is 9.97 Å². The van der Waals surface area contributed by atoms with E-state index in [1.54, 1.807) is 30.3 Å². The number of amides is 2. The molecule has 3 aromatic rings. The van der Waals surface area contributed by atoms with E-state index in [0.717, 1.165) is 12.4 Å². The van der Waals surface area contributed by atoms with Gasteiger partial charge in [0.2, 0.25) is 0 Å². The Labute approximate surface area is 288 Å². The smallest absolute Gasteiger partial charge is 0.471 e. The molecule has 0 bridgehead atoms. The van der Waals surface area contributed by atoms with Crippen molar-refractivity contribution in [3.8, 4) is 5.75 Å². The van der Waals surface area contributed by atoms with E-state index in [0.29, 0.717) is 52.6 Å². The predicted octanol–water partition coefficient (Wildman–Crippen LogP) is 6.75. The number of benzene rings is 2. The van der Waals surface area contributed by atoms with Gasteiger partial charge >= 0.3 is 24.4 Å². The van der Waals surface area contributed by atoms with Crippen molar-refractivity contribution in [3.05, 3.63) is 89.8 Å². The average molecular weight is 725 g/mol. The van der Waals surface area contributed by atoms with E-state index in [4.69, 9.17) is 14.2 Å². The molecule has 0 radical (unpaired) electrons. The van der Waals surface area contributed by atoms with Gasteiger partial charge in [-0.3, -0.25) is 9.69 Å². The summed E-state index contributed by atoms with van der Waals surface area (Å²) in [5.74, 6) is -2.03. The van der Waals surface area contributed by atoms with Crippen LogP contribution in [0.1, 0.15) is 49.1 Å². The summed E-state index contributed by atoms with van der Waals surface area (Å²) in [6.07, 6.45) is -9.24. The molecule has 1 aliphatic heterocycles. The highest BCUT2D eigenvalue weighted by Crippen LogP contribution is 2.61. The van der Waals surface area contributed by atoms with Gasteiger partial charge in [0, 0.05) is 12.0 Å². The first kappa shape index (κ1) is 36.3. The lowest BCUT2D eigenvalue weighted by atomic mass is 9.86. The highest BCUT2D eigenvalue weighted by atomic mass is 19.4. The SMILES string of the molecule is COc1ccc(CN(C(=O)C(F)(F)F)[C@H]2C[C@@H](C(F)(F)F)N(C(=O)OCc3ccccc3)[C@H]2COC2CCC3(c4ncc(F)cn4)CC3C2)cc1. The Morgan fingerprint density at radius 1 is 0.961 bits per heavy atom. The second-order valence-corrected chi connectivity index (χ2v) is 13.2. The molecule has 16 heteroatoms. The van der Waals surface area contributed by atoms with Crippen LogP contribution in [-0.4, -0.2) is 82.1 Å². The van der Waals surface area contributed by atoms with Gasteiger partial charge in [0.15, 0.2) is 5.82 Å². The van der Waals surface area contributed by atoms with Crippen LogP contribution in [0.25, 0.3) is 0 Å². The molecule has 0 spiro atoms. The second kappa shape index (κ2) is 14.3. The van der Waals surface area contributed by atoms with E-state index in [1.807, 2.05) is 0 Å². The van der Waals surface area contributed by atoms with Crippen molar-refractivity contribution in [3.63, 3.8) is 0 Å². The molecule has 6 rings (SSSR count). The van der Waals surface area contributed by atoms with Crippen LogP contribution in [0.4, 0.5) is 35.5 Å². The van der Waals surface area contributed by atoms with Crippen molar-refractivity contribution < 1.29 is 54.5 Å². The highest BCUT2D eigenvalue weighted by molar-refractivity contribution is 5.82. The fourth-order valence-corrected chi connectivity index (χ4v) is 7.41. The number of hydrogen-bond acceptors (Lipinski definition) is 7. The molecule has 9 nitrogen and oxygen atoms in total. The van der Waals surface area contributed by atoms with Crippen LogP contribution in [0.3, 0.4) is 0 Å². The van der Waals surface area contributed by atoms with E-state index in [1.165, 1.54) is 31.4 Å². The first-order valence-electron chi connectivity index (χ1n) is 16.4. The van der Waals surface area contributed by atoms with Gasteiger partial charge in [-0.15, -0.1) is 0 Å². The number of carbonyl (C=O) groups excluding carboxylic acids is 2. The first-order chi connectivity index (χ1) is 24.2. The van der Waals surface area contributed by atoms with Gasteiger partial charge in [-0.25, -0.2) is 19.2 Å². The van der Waals surface area contributed by atoms with Gasteiger partial charge < -0.3 is 19.1 Å². The molecular weight excluding hydrogens is 689 g/mol. The number of nitrogens with zero attached hydrogens (tertiary/aromatic N) is 4. The van der Waals surface area contributed by atoms with Gasteiger partial charge in [-0.2, -0.15) is 26.3 Å². The molecule has 2 saturated carbocycles. The maximum atomic E-state index is 14.7. The molecule has 3 unspecified atom stereocenters. The third-order valence-corrected chi connectivity index (χ3v) is 10.1. The quantitative estimate of drug-likeness (QED) is 0.214. The van der Waals surface area contributed by atoms with Crippen molar-refractivity contribution in [1.82, 2.24) is 19.8 Å². The topological polar surface area (TPSA) is 94.1 Å². The van der Waals surface area contributed by atoms with E-state index in [9.17, 15) is 40.3 Å². The minimum Gasteiger partial charge on any atom is -0.497 e. The van der Waals surface area contributed by atoms with E-state index in [-0.39, 0.29) is 16.9 Å². The van der Waals surface area contributed by atoms with Crippen LogP contribution < -0.4 is 4.74 Å². The van der Waals surface area contributed by atoms with Gasteiger partial charge in [-0.05, 0) is 61.3 Å². The van der Waals surface area contributed by atoms with Crippen LogP contribution >= 0.6 is 0 Å². The molecule has 1 aromatic heterocycles. The maximum absolute atomic E-state index is 14.7. The molecule has 2 heterocycles. The number of rotatable bonds is 10. The number of halogens is 7. The van der Waals surface area contributed by atoms with E-state index >= 15 is 0 Å². The number of methoxy groups -OCH3 is 1. The molecular formula is C35H35F7N4O5. The zero-order chi connectivity index (χ0) is 36.6. The second-order valence-electron chi connectivity index (χ2n) is 13.2. The largest absolute Gasteiger partial charge is 0.497 e. The molecule has 51 heavy (non-hydrogen) atoms. The summed E-state index contributed by atoms with van der Waals surface area (Å²) in [4.78, 5) is 35.5. The minimum absolute atomic E-state index is 0.0364. The molecule has 2 aliphatic carbocycles. The monoisotopic (exact) mass is 724 g/mol. The lowest BCUT2D eigenvalue weighted by Crippen LogP contribution is -2.55. The van der Waals surface area contributed by atoms with Crippen LogP contribution in [0, 0.1) is 11.7 Å². The molecule has 274 valence electrons. The summed E-state index contributed by atoms with van der Waals surface area (Å²) in [6, 6.07) is 7.89. The summed E-state index contributed by atoms with van der Waals surface area (Å²) in [6.45, 7) is -1.69. The average Bonchev–Trinajstić information content (AvgIpc) is 3.71. The van der Waals surface area contributed by atoms with Gasteiger partial charge in [0.05, 0.1) is 44.3 Å². The number of hydrogen-bond donors (Lipinski definition) is 0. The molecule has 1 saturated heterocycles. The van der Waals surface area contributed by atoms with Crippen molar-refractivity contribution >= 4 is 12.0 Å². The Morgan fingerprint density at radius 3 is 2.25 bits per heavy atom. The van der Waals surface area contributed by atoms with Crippen molar-refractivity contribution in [2.75, 3.05) is 13.7 Å². The Balaban J connectivity index is 1.29. The lowest BCUT2D eigenvalue weighted by molar-refractivity contribution is -0.189. The highest BCUT2D eigenvalue weighted by Gasteiger charge is 2.62. The van der Waals surface area contributed by atoms with Gasteiger partial charge in [0.25, 0.3) is 0 Å². The molecule has 6 atom stereocenters. The summed E-state index contributed by atoms with van der Waals surface area (Å²) in [5, 5.41) is 0. The van der Waals surface area contributed by atoms with Gasteiger partial charge in [-0.1, -0.05) is 42.5 Å². The maximum Gasteiger partial charge on any atom is 0.471 e. The minimum atomic E-state index is -5.44. The summed E-state index contributed by atoms with van der Waals surface area (Å²) >= 11 is 0. The fraction of sp³-hybridized carbons (Fsp3) is 0.486. The van der Waals surface area contributed by atoms with Crippen LogP contribution in [0.5, 0.6) is 5.75 Å². The number of ether oxygens (including phenoxy) is 3. The Morgan fingerprint density at radius 2 is 1.65 bits per heavy atom. The number of carbonyl (C=O) groups is 2. The van der Waals surface area contributed by atoms with Crippen LogP contribution in [-0.2, 0) is 32.8 Å². The number of likely N-dealkylation sites (tertiary alicyclic amines) is 1. The van der Waals surface area contributed by atoms with Crippen LogP contribution in [0.2, 0.25) is 0 Å². The molecule has 3 aliphatic rings. The molecule has 2 amide bonds. The first-order valence-corrected chi connectivity index (χ1v) is 16.4. The van der Waals surface area contributed by atoms with Crippen molar-refractivity contribution in [2.24, 2.45) is 5.92 Å². The standard InChI is InChI=1S/C35H35F7N4O5/c1-49-25-9-7-21(8-10-25)18-45(31(47)35(40,41)42)27-14-29(34(37,38)39)46(32(48)51-19-22-5-3-2-4-6-22)28(27)20-50-26-11-12-33(15-23(33)13-26)30-43-16-24(36)17-44-30/h2-10,16-17,23,26-29H,11-15,18-20H2,1H3/t23?,26?,27-,28-,29-,33?/m0/s1. The van der Waals surface area contributed by atoms with Crippen LogP contribution in [0.15, 0.2) is 67.0 Å². The summed E-state index contributed by atoms with van der Waals surface area (Å²) < 4.78 is 116. The Hall–Kier alpha value is -4.47. The number of fused-ring (bicyclic) bond motifs is 1. The zero-order valence-electron chi connectivity index (χ0n) is 27.4. The third-order valence-electron chi connectivity index (χ3n) is 10.1. The lowest BCUT2D eigenvalue weighted by Gasteiger charge is -2.37. The zero-order valence-corrected chi connectivity index (χ0v) is 27.4. The third kappa shape index (κ3) is 7.90. The van der Waals surface area contributed by atoms with Crippen molar-refractivity contribution in [1.29, 1.82) is 0 Å². The van der Waals surface area contributed by atoms with Crippen molar-refractivity contribution in [2.45, 2.75) is 87.3 Å². The number of alkyl halides is 6. The van der Waals surface area contributed by atoms with E-state index < -0.39 is 80.6 Å². The number of aromatic nitrogens is 2. The Kier molecular flexibility index (Phi) is 10.2. The predicted molar refractivity (Wildman–Crippen MR) is 165 cm³/mol. The molecule has 3 fully saturated rings.